The highest BCUT2D eigenvalue weighted by Crippen LogP contribution is 2.29. The van der Waals surface area contributed by atoms with E-state index in [1.54, 1.807) is 32.4 Å². The molecule has 1 aliphatic heterocycles. The largest absolute Gasteiger partial charge is 0.493 e. The minimum absolute atomic E-state index is 0.0192. The minimum atomic E-state index is 0.0192. The number of piperidine rings is 1. The van der Waals surface area contributed by atoms with Crippen molar-refractivity contribution in [3.05, 3.63) is 23.8 Å². The summed E-state index contributed by atoms with van der Waals surface area (Å²) in [4.78, 5) is 26.9. The first-order chi connectivity index (χ1) is 14.1. The molecule has 2 aliphatic rings. The standard InChI is InChI=1S/C23H34N2O4/c1-28-20-9-8-19(15-21(20)29-2)23(27)25-12-10-18(11-13-25)16-24-22(26)14-17-6-4-3-5-7-17/h8-9,15,17-18H,3-7,10-14,16H2,1-2H3,(H,24,26). The Hall–Kier alpha value is -2.24. The molecule has 1 aromatic carbocycles. The van der Waals surface area contributed by atoms with Crippen molar-refractivity contribution in [3.8, 4) is 11.5 Å². The Bertz CT molecular complexity index is 692. The van der Waals surface area contributed by atoms with Crippen LogP contribution in [-0.4, -0.2) is 50.6 Å². The average Bonchev–Trinajstić information content (AvgIpc) is 2.77. The fraction of sp³-hybridized carbons (Fsp3) is 0.652. The predicted molar refractivity (Wildman–Crippen MR) is 112 cm³/mol. The zero-order valence-electron chi connectivity index (χ0n) is 17.7. The third-order valence-corrected chi connectivity index (χ3v) is 6.32. The second-order valence-electron chi connectivity index (χ2n) is 8.32. The summed E-state index contributed by atoms with van der Waals surface area (Å²) in [5, 5.41) is 3.13. The molecule has 1 aliphatic carbocycles. The van der Waals surface area contributed by atoms with Crippen molar-refractivity contribution in [2.24, 2.45) is 11.8 Å². The Labute approximate surface area is 173 Å². The van der Waals surface area contributed by atoms with Gasteiger partial charge in [-0.25, -0.2) is 0 Å². The number of amides is 2. The molecule has 0 aromatic heterocycles. The Morgan fingerprint density at radius 3 is 2.31 bits per heavy atom. The van der Waals surface area contributed by atoms with Gasteiger partial charge in [-0.3, -0.25) is 9.59 Å². The van der Waals surface area contributed by atoms with Gasteiger partial charge < -0.3 is 19.7 Å². The molecule has 2 fully saturated rings. The summed E-state index contributed by atoms with van der Waals surface area (Å²) in [7, 11) is 3.15. The van der Waals surface area contributed by atoms with Crippen LogP contribution in [0.4, 0.5) is 0 Å². The summed E-state index contributed by atoms with van der Waals surface area (Å²) < 4.78 is 10.5. The number of hydrogen-bond acceptors (Lipinski definition) is 4. The van der Waals surface area contributed by atoms with E-state index >= 15 is 0 Å². The quantitative estimate of drug-likeness (QED) is 0.756. The maximum Gasteiger partial charge on any atom is 0.253 e. The van der Waals surface area contributed by atoms with Gasteiger partial charge in [0.1, 0.15) is 0 Å². The summed E-state index contributed by atoms with van der Waals surface area (Å²) >= 11 is 0. The highest BCUT2D eigenvalue weighted by Gasteiger charge is 2.25. The molecule has 6 heteroatoms. The van der Waals surface area contributed by atoms with E-state index in [0.717, 1.165) is 32.5 Å². The normalized spacial score (nSPS) is 18.3. The fourth-order valence-corrected chi connectivity index (χ4v) is 4.48. The highest BCUT2D eigenvalue weighted by atomic mass is 16.5. The summed E-state index contributed by atoms with van der Waals surface area (Å²) in [6.07, 6.45) is 8.77. The van der Waals surface area contributed by atoms with E-state index in [-0.39, 0.29) is 11.8 Å². The first-order valence-electron chi connectivity index (χ1n) is 10.9. The van der Waals surface area contributed by atoms with Crippen molar-refractivity contribution in [3.63, 3.8) is 0 Å². The Kier molecular flexibility index (Phi) is 7.78. The zero-order chi connectivity index (χ0) is 20.6. The van der Waals surface area contributed by atoms with Crippen molar-refractivity contribution < 1.29 is 19.1 Å². The van der Waals surface area contributed by atoms with E-state index in [1.807, 2.05) is 4.90 Å². The van der Waals surface area contributed by atoms with E-state index in [2.05, 4.69) is 5.32 Å². The van der Waals surface area contributed by atoms with E-state index in [1.165, 1.54) is 32.1 Å². The van der Waals surface area contributed by atoms with Gasteiger partial charge in [-0.1, -0.05) is 19.3 Å². The molecule has 0 spiro atoms. The van der Waals surface area contributed by atoms with Crippen LogP contribution >= 0.6 is 0 Å². The van der Waals surface area contributed by atoms with Crippen LogP contribution in [0.1, 0.15) is 61.7 Å². The van der Waals surface area contributed by atoms with Gasteiger partial charge in [-0.05, 0) is 55.7 Å². The number of nitrogens with one attached hydrogen (secondary N) is 1. The molecule has 0 atom stereocenters. The highest BCUT2D eigenvalue weighted by molar-refractivity contribution is 5.95. The zero-order valence-corrected chi connectivity index (χ0v) is 17.7. The van der Waals surface area contributed by atoms with Crippen LogP contribution in [0.5, 0.6) is 11.5 Å². The van der Waals surface area contributed by atoms with E-state index in [4.69, 9.17) is 9.47 Å². The Balaban J connectivity index is 1.42. The lowest BCUT2D eigenvalue weighted by atomic mass is 9.87. The van der Waals surface area contributed by atoms with Crippen LogP contribution in [0, 0.1) is 11.8 Å². The molecular weight excluding hydrogens is 368 g/mol. The molecule has 2 amide bonds. The molecule has 1 heterocycles. The molecular formula is C23H34N2O4. The Morgan fingerprint density at radius 1 is 0.966 bits per heavy atom. The SMILES string of the molecule is COc1ccc(C(=O)N2CCC(CNC(=O)CC3CCCCC3)CC2)cc1OC. The third-order valence-electron chi connectivity index (χ3n) is 6.32. The molecule has 0 radical (unpaired) electrons. The number of rotatable bonds is 7. The average molecular weight is 403 g/mol. The molecule has 0 bridgehead atoms. The molecule has 3 rings (SSSR count). The molecule has 1 saturated carbocycles. The molecule has 1 N–H and O–H groups in total. The lowest BCUT2D eigenvalue weighted by molar-refractivity contribution is -0.122. The van der Waals surface area contributed by atoms with Crippen molar-refractivity contribution in [2.45, 2.75) is 51.4 Å². The smallest absolute Gasteiger partial charge is 0.253 e. The number of carbonyl (C=O) groups is 2. The van der Waals surface area contributed by atoms with E-state index in [0.29, 0.717) is 35.3 Å². The summed E-state index contributed by atoms with van der Waals surface area (Å²) in [5.41, 5.74) is 0.613. The number of ether oxygens (including phenoxy) is 2. The second kappa shape index (κ2) is 10.5. The number of carbonyl (C=O) groups excluding carboxylic acids is 2. The van der Waals surface area contributed by atoms with Crippen LogP contribution in [-0.2, 0) is 4.79 Å². The molecule has 160 valence electrons. The molecule has 0 unspecified atom stereocenters. The topological polar surface area (TPSA) is 67.9 Å². The molecule has 6 nitrogen and oxygen atoms in total. The van der Waals surface area contributed by atoms with Crippen molar-refractivity contribution in [2.75, 3.05) is 33.9 Å². The van der Waals surface area contributed by atoms with Crippen molar-refractivity contribution in [1.82, 2.24) is 10.2 Å². The van der Waals surface area contributed by atoms with Gasteiger partial charge in [0, 0.05) is 31.6 Å². The van der Waals surface area contributed by atoms with E-state index < -0.39 is 0 Å². The molecule has 1 saturated heterocycles. The summed E-state index contributed by atoms with van der Waals surface area (Å²) in [6, 6.07) is 5.28. The van der Waals surface area contributed by atoms with Gasteiger partial charge >= 0.3 is 0 Å². The van der Waals surface area contributed by atoms with Gasteiger partial charge in [0.2, 0.25) is 5.91 Å². The summed E-state index contributed by atoms with van der Waals surface area (Å²) in [5.74, 6) is 2.41. The predicted octanol–water partition coefficient (Wildman–Crippen LogP) is 3.64. The van der Waals surface area contributed by atoms with Gasteiger partial charge in [0.05, 0.1) is 14.2 Å². The molecule has 1 aromatic rings. The van der Waals surface area contributed by atoms with Gasteiger partial charge in [-0.15, -0.1) is 0 Å². The van der Waals surface area contributed by atoms with Gasteiger partial charge in [-0.2, -0.15) is 0 Å². The Morgan fingerprint density at radius 2 is 1.66 bits per heavy atom. The maximum absolute atomic E-state index is 12.8. The first kappa shape index (κ1) is 21.5. The van der Waals surface area contributed by atoms with Gasteiger partial charge in [0.15, 0.2) is 11.5 Å². The van der Waals surface area contributed by atoms with Crippen LogP contribution in [0.3, 0.4) is 0 Å². The number of benzene rings is 1. The van der Waals surface area contributed by atoms with Crippen molar-refractivity contribution >= 4 is 11.8 Å². The molecule has 29 heavy (non-hydrogen) atoms. The third kappa shape index (κ3) is 5.87. The van der Waals surface area contributed by atoms with E-state index in [9.17, 15) is 9.59 Å². The fourth-order valence-electron chi connectivity index (χ4n) is 4.48. The number of nitrogens with zero attached hydrogens (tertiary/aromatic N) is 1. The van der Waals surface area contributed by atoms with Crippen molar-refractivity contribution in [1.29, 1.82) is 0 Å². The monoisotopic (exact) mass is 402 g/mol. The minimum Gasteiger partial charge on any atom is -0.493 e. The van der Waals surface area contributed by atoms with Crippen LogP contribution in [0.25, 0.3) is 0 Å². The summed E-state index contributed by atoms with van der Waals surface area (Å²) in [6.45, 7) is 2.16. The number of likely N-dealkylation sites (tertiary alicyclic amines) is 1. The van der Waals surface area contributed by atoms with Gasteiger partial charge in [0.25, 0.3) is 5.91 Å². The van der Waals surface area contributed by atoms with Crippen LogP contribution in [0.15, 0.2) is 18.2 Å². The first-order valence-corrected chi connectivity index (χ1v) is 10.9. The number of methoxy groups -OCH3 is 2. The lowest BCUT2D eigenvalue weighted by Crippen LogP contribution is -2.41. The van der Waals surface area contributed by atoms with Crippen LogP contribution in [0.2, 0.25) is 0 Å². The maximum atomic E-state index is 12.8. The van der Waals surface area contributed by atoms with Crippen LogP contribution < -0.4 is 14.8 Å². The lowest BCUT2D eigenvalue weighted by Gasteiger charge is -2.32. The second-order valence-corrected chi connectivity index (χ2v) is 8.32. The number of hydrogen-bond donors (Lipinski definition) is 1.